The van der Waals surface area contributed by atoms with E-state index < -0.39 is 17.4 Å². The highest BCUT2D eigenvalue weighted by Gasteiger charge is 2.49. The third-order valence-corrected chi connectivity index (χ3v) is 3.54. The van der Waals surface area contributed by atoms with Crippen molar-refractivity contribution in [2.45, 2.75) is 46.5 Å². The van der Waals surface area contributed by atoms with Gasteiger partial charge in [0.15, 0.2) is 5.41 Å². The lowest BCUT2D eigenvalue weighted by molar-refractivity contribution is -0.172. The van der Waals surface area contributed by atoms with Crippen LogP contribution in [0.5, 0.6) is 0 Å². The predicted octanol–water partition coefficient (Wildman–Crippen LogP) is 2.74. The topological polar surface area (TPSA) is 69.7 Å². The van der Waals surface area contributed by atoms with Crippen LogP contribution in [0.15, 0.2) is 23.8 Å². The number of Topliss-reactive ketones (excluding diaryl/α,β-unsaturated/α-hetero) is 1. The highest BCUT2D eigenvalue weighted by molar-refractivity contribution is 6.01. The van der Waals surface area contributed by atoms with Crippen LogP contribution >= 0.6 is 0 Å². The lowest BCUT2D eigenvalue weighted by Gasteiger charge is -2.31. The van der Waals surface area contributed by atoms with E-state index in [1.54, 1.807) is 19.9 Å². The summed E-state index contributed by atoms with van der Waals surface area (Å²) in [6.45, 7) is 5.38. The molecule has 0 unspecified atom stereocenters. The largest absolute Gasteiger partial charge is 0.465 e. The van der Waals surface area contributed by atoms with Crippen LogP contribution in [-0.4, -0.2) is 30.9 Å². The third-order valence-electron chi connectivity index (χ3n) is 3.54. The summed E-state index contributed by atoms with van der Waals surface area (Å²) in [5.74, 6) is -0.982. The standard InChI is InChI=1S/C17H24O5/c1-4-21-15(19)17(16(20)22-5-2)11-7-10-14(12-17)9-6-8-13(3)18/h7,9-10H,4-6,8,11-12H2,1-3H3/b14-9-. The lowest BCUT2D eigenvalue weighted by Crippen LogP contribution is -2.43. The molecule has 1 aliphatic rings. The van der Waals surface area contributed by atoms with Gasteiger partial charge in [-0.1, -0.05) is 23.8 Å². The molecule has 0 aromatic heterocycles. The van der Waals surface area contributed by atoms with Crippen LogP contribution < -0.4 is 0 Å². The Morgan fingerprint density at radius 3 is 2.27 bits per heavy atom. The summed E-state index contributed by atoms with van der Waals surface area (Å²) in [4.78, 5) is 35.7. The fourth-order valence-electron chi connectivity index (χ4n) is 2.42. The molecule has 0 aromatic rings. The number of carbonyl (C=O) groups is 3. The number of esters is 2. The Labute approximate surface area is 131 Å². The van der Waals surface area contributed by atoms with Crippen LogP contribution in [0.1, 0.15) is 46.5 Å². The molecular weight excluding hydrogens is 284 g/mol. The molecule has 0 fully saturated rings. The molecule has 122 valence electrons. The number of ketones is 1. The van der Waals surface area contributed by atoms with E-state index in [0.29, 0.717) is 12.8 Å². The number of allylic oxidation sites excluding steroid dienone is 4. The van der Waals surface area contributed by atoms with Crippen molar-refractivity contribution in [1.29, 1.82) is 0 Å². The van der Waals surface area contributed by atoms with Gasteiger partial charge in [-0.25, -0.2) is 0 Å². The predicted molar refractivity (Wildman–Crippen MR) is 82.1 cm³/mol. The molecule has 1 rings (SSSR count). The van der Waals surface area contributed by atoms with Crippen molar-refractivity contribution in [3.8, 4) is 0 Å². The molecule has 0 saturated heterocycles. The summed E-state index contributed by atoms with van der Waals surface area (Å²) in [6.07, 6.45) is 7.13. The van der Waals surface area contributed by atoms with E-state index in [2.05, 4.69) is 0 Å². The first kappa shape index (κ1) is 18.1. The minimum atomic E-state index is -1.30. The van der Waals surface area contributed by atoms with Crippen LogP contribution in [0, 0.1) is 5.41 Å². The average Bonchev–Trinajstić information content (AvgIpc) is 2.47. The molecule has 0 radical (unpaired) electrons. The second kappa shape index (κ2) is 8.51. The Morgan fingerprint density at radius 1 is 1.18 bits per heavy atom. The van der Waals surface area contributed by atoms with Gasteiger partial charge in [0.25, 0.3) is 0 Å². The first-order valence-electron chi connectivity index (χ1n) is 7.65. The number of ether oxygens (including phenoxy) is 2. The zero-order valence-corrected chi connectivity index (χ0v) is 13.5. The summed E-state index contributed by atoms with van der Waals surface area (Å²) in [5, 5.41) is 0. The van der Waals surface area contributed by atoms with E-state index in [9.17, 15) is 14.4 Å². The molecule has 0 aromatic carbocycles. The Morgan fingerprint density at radius 2 is 1.77 bits per heavy atom. The van der Waals surface area contributed by atoms with E-state index >= 15 is 0 Å². The maximum atomic E-state index is 12.3. The summed E-state index contributed by atoms with van der Waals surface area (Å²) >= 11 is 0. The normalized spacial score (nSPS) is 18.0. The number of hydrogen-bond donors (Lipinski definition) is 0. The molecular formula is C17H24O5. The van der Waals surface area contributed by atoms with Crippen LogP contribution in [0.2, 0.25) is 0 Å². The fourth-order valence-corrected chi connectivity index (χ4v) is 2.42. The Kier molecular flexibility index (Phi) is 7.02. The first-order chi connectivity index (χ1) is 10.5. The molecule has 0 spiro atoms. The van der Waals surface area contributed by atoms with Crippen molar-refractivity contribution in [2.24, 2.45) is 5.41 Å². The Bertz CT molecular complexity index is 469. The van der Waals surface area contributed by atoms with Gasteiger partial charge in [-0.15, -0.1) is 0 Å². The van der Waals surface area contributed by atoms with Crippen molar-refractivity contribution in [3.63, 3.8) is 0 Å². The minimum Gasteiger partial charge on any atom is -0.465 e. The molecule has 1 aliphatic carbocycles. The number of hydrogen-bond acceptors (Lipinski definition) is 5. The highest BCUT2D eigenvalue weighted by Crippen LogP contribution is 2.38. The molecule has 5 heteroatoms. The zero-order chi connectivity index (χ0) is 16.6. The van der Waals surface area contributed by atoms with Gasteiger partial charge in [0.1, 0.15) is 5.78 Å². The Hall–Kier alpha value is -1.91. The van der Waals surface area contributed by atoms with Crippen LogP contribution in [0.3, 0.4) is 0 Å². The molecule has 5 nitrogen and oxygen atoms in total. The molecule has 0 amide bonds. The first-order valence-corrected chi connectivity index (χ1v) is 7.65. The molecule has 0 atom stereocenters. The van der Waals surface area contributed by atoms with Crippen LogP contribution in [-0.2, 0) is 23.9 Å². The SMILES string of the molecule is CCOC(=O)C1(C(=O)OCC)CC=C/C(=C/CCC(C)=O)C1. The molecule has 0 aliphatic heterocycles. The van der Waals surface area contributed by atoms with E-state index in [1.807, 2.05) is 12.2 Å². The summed E-state index contributed by atoms with van der Waals surface area (Å²) in [6, 6.07) is 0. The van der Waals surface area contributed by atoms with Gasteiger partial charge in [0.05, 0.1) is 13.2 Å². The molecule has 0 N–H and O–H groups in total. The van der Waals surface area contributed by atoms with Gasteiger partial charge in [-0.2, -0.15) is 0 Å². The molecule has 0 bridgehead atoms. The van der Waals surface area contributed by atoms with Crippen molar-refractivity contribution < 1.29 is 23.9 Å². The zero-order valence-electron chi connectivity index (χ0n) is 13.5. The van der Waals surface area contributed by atoms with E-state index in [-0.39, 0.29) is 31.8 Å². The van der Waals surface area contributed by atoms with Crippen molar-refractivity contribution in [3.05, 3.63) is 23.8 Å². The minimum absolute atomic E-state index is 0.110. The van der Waals surface area contributed by atoms with Gasteiger partial charge in [0, 0.05) is 6.42 Å². The van der Waals surface area contributed by atoms with Gasteiger partial charge in [0.2, 0.25) is 0 Å². The maximum Gasteiger partial charge on any atom is 0.324 e. The second-order valence-corrected chi connectivity index (χ2v) is 5.33. The van der Waals surface area contributed by atoms with Gasteiger partial charge in [-0.05, 0) is 40.0 Å². The van der Waals surface area contributed by atoms with Crippen LogP contribution in [0.25, 0.3) is 0 Å². The molecule has 0 saturated carbocycles. The van der Waals surface area contributed by atoms with Gasteiger partial charge < -0.3 is 14.3 Å². The smallest absolute Gasteiger partial charge is 0.324 e. The van der Waals surface area contributed by atoms with Gasteiger partial charge in [-0.3, -0.25) is 9.59 Å². The van der Waals surface area contributed by atoms with E-state index in [4.69, 9.17) is 9.47 Å². The average molecular weight is 308 g/mol. The van der Waals surface area contributed by atoms with Crippen molar-refractivity contribution in [1.82, 2.24) is 0 Å². The summed E-state index contributed by atoms with van der Waals surface area (Å²) in [7, 11) is 0. The summed E-state index contributed by atoms with van der Waals surface area (Å²) < 4.78 is 10.2. The summed E-state index contributed by atoms with van der Waals surface area (Å²) in [5.41, 5.74) is -0.448. The van der Waals surface area contributed by atoms with E-state index in [1.165, 1.54) is 6.92 Å². The molecule has 0 heterocycles. The second-order valence-electron chi connectivity index (χ2n) is 5.33. The van der Waals surface area contributed by atoms with Crippen molar-refractivity contribution in [2.75, 3.05) is 13.2 Å². The number of rotatable bonds is 7. The molecule has 22 heavy (non-hydrogen) atoms. The van der Waals surface area contributed by atoms with Crippen LogP contribution in [0.4, 0.5) is 0 Å². The quantitative estimate of drug-likeness (QED) is 0.534. The number of carbonyl (C=O) groups excluding carboxylic acids is 3. The monoisotopic (exact) mass is 308 g/mol. The van der Waals surface area contributed by atoms with Gasteiger partial charge >= 0.3 is 11.9 Å². The van der Waals surface area contributed by atoms with Crippen molar-refractivity contribution >= 4 is 17.7 Å². The Balaban J connectivity index is 2.97. The van der Waals surface area contributed by atoms with E-state index in [0.717, 1.165) is 5.57 Å². The lowest BCUT2D eigenvalue weighted by atomic mass is 9.75. The highest BCUT2D eigenvalue weighted by atomic mass is 16.6. The third kappa shape index (κ3) is 4.55. The maximum absolute atomic E-state index is 12.3. The fraction of sp³-hybridized carbons (Fsp3) is 0.588.